The minimum atomic E-state index is -0.546. The quantitative estimate of drug-likeness (QED) is 0.586. The SMILES string of the molecule is Nc1ccc(Br)c([C@H](CF)N2CCNCC2)c1O. The lowest BCUT2D eigenvalue weighted by molar-refractivity contribution is 0.145. The molecular formula is C12H17BrFN3O. The molecule has 6 heteroatoms. The molecule has 4 nitrogen and oxygen atoms in total. The van der Waals surface area contributed by atoms with Gasteiger partial charge in [0, 0.05) is 36.2 Å². The van der Waals surface area contributed by atoms with E-state index in [1.54, 1.807) is 12.1 Å². The maximum absolute atomic E-state index is 13.4. The van der Waals surface area contributed by atoms with Gasteiger partial charge in [0.2, 0.25) is 0 Å². The second kappa shape index (κ2) is 5.86. The summed E-state index contributed by atoms with van der Waals surface area (Å²) in [4.78, 5) is 2.02. The summed E-state index contributed by atoms with van der Waals surface area (Å²) in [5.74, 6) is -0.0226. The van der Waals surface area contributed by atoms with E-state index in [-0.39, 0.29) is 11.4 Å². The van der Waals surface area contributed by atoms with Crippen LogP contribution in [0.2, 0.25) is 0 Å². The van der Waals surface area contributed by atoms with Crippen LogP contribution in [0.15, 0.2) is 16.6 Å². The van der Waals surface area contributed by atoms with E-state index < -0.39 is 12.7 Å². The van der Waals surface area contributed by atoms with Gasteiger partial charge >= 0.3 is 0 Å². The summed E-state index contributed by atoms with van der Waals surface area (Å²) < 4.78 is 14.1. The Kier molecular flexibility index (Phi) is 4.42. The Hall–Kier alpha value is -0.850. The van der Waals surface area contributed by atoms with E-state index in [0.29, 0.717) is 10.0 Å². The predicted octanol–water partition coefficient (Wildman–Crippen LogP) is 1.65. The number of rotatable bonds is 3. The molecule has 0 radical (unpaired) electrons. The van der Waals surface area contributed by atoms with Crippen LogP contribution < -0.4 is 11.1 Å². The zero-order valence-corrected chi connectivity index (χ0v) is 11.6. The molecule has 0 aromatic heterocycles. The van der Waals surface area contributed by atoms with Crippen LogP contribution in [0.3, 0.4) is 0 Å². The summed E-state index contributed by atoms with van der Waals surface area (Å²) >= 11 is 3.36. The molecule has 0 amide bonds. The highest BCUT2D eigenvalue weighted by Crippen LogP contribution is 2.38. The summed E-state index contributed by atoms with van der Waals surface area (Å²) in [6, 6.07) is 2.90. The van der Waals surface area contributed by atoms with Crippen LogP contribution in [-0.2, 0) is 0 Å². The number of hydrogen-bond acceptors (Lipinski definition) is 4. The smallest absolute Gasteiger partial charge is 0.144 e. The average Bonchev–Trinajstić information content (AvgIpc) is 2.40. The molecule has 18 heavy (non-hydrogen) atoms. The molecule has 0 saturated carbocycles. The van der Waals surface area contributed by atoms with E-state index in [9.17, 15) is 9.50 Å². The van der Waals surface area contributed by atoms with Gasteiger partial charge in [0.05, 0.1) is 11.7 Å². The predicted molar refractivity (Wildman–Crippen MR) is 73.4 cm³/mol. The first-order chi connectivity index (χ1) is 8.65. The van der Waals surface area contributed by atoms with Crippen LogP contribution >= 0.6 is 15.9 Å². The van der Waals surface area contributed by atoms with Crippen molar-refractivity contribution < 1.29 is 9.50 Å². The molecule has 0 aliphatic carbocycles. The normalized spacial score (nSPS) is 18.8. The fourth-order valence-electron chi connectivity index (χ4n) is 2.27. The third kappa shape index (κ3) is 2.60. The van der Waals surface area contributed by atoms with Crippen molar-refractivity contribution in [1.82, 2.24) is 10.2 Å². The number of benzene rings is 1. The fraction of sp³-hybridized carbons (Fsp3) is 0.500. The highest BCUT2D eigenvalue weighted by atomic mass is 79.9. The van der Waals surface area contributed by atoms with E-state index in [0.717, 1.165) is 26.2 Å². The minimum Gasteiger partial charge on any atom is -0.505 e. The van der Waals surface area contributed by atoms with E-state index in [1.807, 2.05) is 4.90 Å². The van der Waals surface area contributed by atoms with Crippen LogP contribution in [0.1, 0.15) is 11.6 Å². The number of nitrogens with two attached hydrogens (primary N) is 1. The van der Waals surface area contributed by atoms with E-state index in [1.165, 1.54) is 0 Å². The molecule has 1 heterocycles. The number of phenols is 1. The molecule has 2 rings (SSSR count). The summed E-state index contributed by atoms with van der Waals surface area (Å²) in [6.45, 7) is 2.63. The maximum atomic E-state index is 13.4. The second-order valence-corrected chi connectivity index (χ2v) is 5.21. The zero-order valence-electron chi connectivity index (χ0n) is 10.00. The van der Waals surface area contributed by atoms with Crippen LogP contribution in [0.4, 0.5) is 10.1 Å². The number of hydrogen-bond donors (Lipinski definition) is 3. The van der Waals surface area contributed by atoms with Crippen LogP contribution in [0.25, 0.3) is 0 Å². The highest BCUT2D eigenvalue weighted by molar-refractivity contribution is 9.10. The van der Waals surface area contributed by atoms with Gasteiger partial charge in [0.25, 0.3) is 0 Å². The molecule has 4 N–H and O–H groups in total. The number of anilines is 1. The van der Waals surface area contributed by atoms with Gasteiger partial charge in [-0.15, -0.1) is 0 Å². The largest absolute Gasteiger partial charge is 0.505 e. The lowest BCUT2D eigenvalue weighted by Crippen LogP contribution is -2.45. The molecule has 1 atom stereocenters. The Morgan fingerprint density at radius 3 is 2.72 bits per heavy atom. The molecule has 1 aromatic carbocycles. The van der Waals surface area contributed by atoms with Gasteiger partial charge < -0.3 is 16.2 Å². The molecule has 0 bridgehead atoms. The van der Waals surface area contributed by atoms with Crippen molar-refractivity contribution in [3.8, 4) is 5.75 Å². The molecule has 1 aliphatic rings. The monoisotopic (exact) mass is 317 g/mol. The van der Waals surface area contributed by atoms with Crippen molar-refractivity contribution >= 4 is 21.6 Å². The number of piperazine rings is 1. The molecule has 0 spiro atoms. The topological polar surface area (TPSA) is 61.5 Å². The Bertz CT molecular complexity index is 424. The van der Waals surface area contributed by atoms with Crippen LogP contribution in [0, 0.1) is 0 Å². The van der Waals surface area contributed by atoms with Crippen molar-refractivity contribution in [2.24, 2.45) is 0 Å². The molecule has 1 aromatic rings. The van der Waals surface area contributed by atoms with Gasteiger partial charge in [-0.3, -0.25) is 4.90 Å². The lowest BCUT2D eigenvalue weighted by atomic mass is 10.0. The van der Waals surface area contributed by atoms with Crippen molar-refractivity contribution in [3.05, 3.63) is 22.2 Å². The Morgan fingerprint density at radius 1 is 1.44 bits per heavy atom. The van der Waals surface area contributed by atoms with Gasteiger partial charge in [0.1, 0.15) is 12.4 Å². The highest BCUT2D eigenvalue weighted by Gasteiger charge is 2.27. The first-order valence-electron chi connectivity index (χ1n) is 5.92. The second-order valence-electron chi connectivity index (χ2n) is 4.35. The van der Waals surface area contributed by atoms with Gasteiger partial charge in [-0.25, -0.2) is 4.39 Å². The van der Waals surface area contributed by atoms with Crippen molar-refractivity contribution in [2.75, 3.05) is 38.6 Å². The molecule has 1 aliphatic heterocycles. The molecule has 1 fully saturated rings. The molecule has 100 valence electrons. The summed E-state index contributed by atoms with van der Waals surface area (Å²) in [6.07, 6.45) is 0. The van der Waals surface area contributed by atoms with E-state index in [2.05, 4.69) is 21.2 Å². The van der Waals surface area contributed by atoms with Crippen LogP contribution in [-0.4, -0.2) is 42.9 Å². The van der Waals surface area contributed by atoms with E-state index >= 15 is 0 Å². The third-order valence-electron chi connectivity index (χ3n) is 3.27. The van der Waals surface area contributed by atoms with Gasteiger partial charge in [0.15, 0.2) is 0 Å². The van der Waals surface area contributed by atoms with Crippen molar-refractivity contribution in [2.45, 2.75) is 6.04 Å². The van der Waals surface area contributed by atoms with Crippen molar-refractivity contribution in [3.63, 3.8) is 0 Å². The lowest BCUT2D eigenvalue weighted by Gasteiger charge is -2.34. The van der Waals surface area contributed by atoms with Gasteiger partial charge in [-0.1, -0.05) is 15.9 Å². The standard InChI is InChI=1S/C12H17BrFN3O/c13-8-1-2-9(15)12(18)11(8)10(7-14)17-5-3-16-4-6-17/h1-2,10,16,18H,3-7,15H2/t10-/m0/s1. The number of nitrogens with zero attached hydrogens (tertiary/aromatic N) is 1. The average molecular weight is 318 g/mol. The Labute approximate surface area is 114 Å². The number of aromatic hydroxyl groups is 1. The Morgan fingerprint density at radius 2 is 2.11 bits per heavy atom. The molecular weight excluding hydrogens is 301 g/mol. The van der Waals surface area contributed by atoms with Crippen LogP contribution in [0.5, 0.6) is 5.75 Å². The van der Waals surface area contributed by atoms with Gasteiger partial charge in [-0.05, 0) is 12.1 Å². The van der Waals surface area contributed by atoms with E-state index in [4.69, 9.17) is 5.73 Å². The summed E-state index contributed by atoms with van der Waals surface area (Å²) in [5, 5.41) is 13.3. The molecule has 0 unspecified atom stereocenters. The summed E-state index contributed by atoms with van der Waals surface area (Å²) in [5.41, 5.74) is 6.51. The maximum Gasteiger partial charge on any atom is 0.144 e. The number of nitrogens with one attached hydrogen (secondary N) is 1. The Balaban J connectivity index is 2.34. The zero-order chi connectivity index (χ0) is 13.1. The number of phenolic OH excluding ortho intramolecular Hbond substituents is 1. The summed E-state index contributed by atoms with van der Waals surface area (Å²) in [7, 11) is 0. The number of halogens is 2. The first kappa shape index (κ1) is 13.6. The minimum absolute atomic E-state index is 0.0226. The number of nitrogen functional groups attached to an aromatic ring is 1. The molecule has 1 saturated heterocycles. The van der Waals surface area contributed by atoms with Gasteiger partial charge in [-0.2, -0.15) is 0 Å². The number of alkyl halides is 1. The fourth-order valence-corrected chi connectivity index (χ4v) is 2.85. The third-order valence-corrected chi connectivity index (χ3v) is 3.96. The first-order valence-corrected chi connectivity index (χ1v) is 6.72. The van der Waals surface area contributed by atoms with Crippen molar-refractivity contribution in [1.29, 1.82) is 0 Å².